The van der Waals surface area contributed by atoms with E-state index in [0.717, 1.165) is 29.1 Å². The number of aromatic nitrogens is 1. The quantitative estimate of drug-likeness (QED) is 0.626. The van der Waals surface area contributed by atoms with Gasteiger partial charge in [0.25, 0.3) is 5.91 Å². The third kappa shape index (κ3) is 4.30. The summed E-state index contributed by atoms with van der Waals surface area (Å²) in [6.07, 6.45) is 0. The minimum atomic E-state index is -0.918. The van der Waals surface area contributed by atoms with Crippen LogP contribution < -0.4 is 5.32 Å². The van der Waals surface area contributed by atoms with Crippen molar-refractivity contribution in [2.45, 2.75) is 39.8 Å². The van der Waals surface area contributed by atoms with E-state index in [1.807, 2.05) is 31.2 Å². The molecule has 0 unspecified atom stereocenters. The van der Waals surface area contributed by atoms with E-state index in [0.29, 0.717) is 17.7 Å². The lowest BCUT2D eigenvalue weighted by Crippen LogP contribution is -2.23. The molecule has 0 saturated carbocycles. The highest BCUT2D eigenvalue weighted by Gasteiger charge is 2.19. The van der Waals surface area contributed by atoms with Gasteiger partial charge in [-0.3, -0.25) is 4.79 Å². The van der Waals surface area contributed by atoms with Crippen LogP contribution in [0.2, 0.25) is 0 Å². The summed E-state index contributed by atoms with van der Waals surface area (Å²) in [5, 5.41) is 2.80. The summed E-state index contributed by atoms with van der Waals surface area (Å²) in [6, 6.07) is 15.6. The van der Waals surface area contributed by atoms with Gasteiger partial charge in [0.05, 0.1) is 5.56 Å². The van der Waals surface area contributed by atoms with Crippen molar-refractivity contribution in [3.8, 4) is 0 Å². The Hall–Kier alpha value is -2.95. The van der Waals surface area contributed by atoms with Gasteiger partial charge in [-0.05, 0) is 42.2 Å². The van der Waals surface area contributed by atoms with Gasteiger partial charge in [0, 0.05) is 24.5 Å². The van der Waals surface area contributed by atoms with Crippen LogP contribution in [0.15, 0.2) is 54.6 Å². The third-order valence-electron chi connectivity index (χ3n) is 4.86. The lowest BCUT2D eigenvalue weighted by atomic mass is 10.1. The number of hydrogen-bond acceptors (Lipinski definition) is 1. The van der Waals surface area contributed by atoms with Crippen molar-refractivity contribution in [3.05, 3.63) is 94.3 Å². The van der Waals surface area contributed by atoms with Gasteiger partial charge < -0.3 is 9.88 Å². The number of nitrogens with zero attached hydrogens (tertiary/aromatic N) is 1. The molecule has 0 radical (unpaired) electrons. The molecule has 1 heterocycles. The number of rotatable bonds is 6. The molecule has 0 aliphatic rings. The first kappa shape index (κ1) is 19.8. The van der Waals surface area contributed by atoms with Crippen molar-refractivity contribution in [2.24, 2.45) is 0 Å². The second-order valence-electron chi connectivity index (χ2n) is 7.23. The summed E-state index contributed by atoms with van der Waals surface area (Å²) >= 11 is 0. The first-order chi connectivity index (χ1) is 13.4. The van der Waals surface area contributed by atoms with Crippen LogP contribution in [0.1, 0.15) is 52.6 Å². The monoisotopic (exact) mass is 382 g/mol. The van der Waals surface area contributed by atoms with Crippen LogP contribution in [0.4, 0.5) is 8.78 Å². The summed E-state index contributed by atoms with van der Waals surface area (Å²) in [5.41, 5.74) is 4.24. The summed E-state index contributed by atoms with van der Waals surface area (Å²) in [7, 11) is 0. The Balaban J connectivity index is 1.81. The van der Waals surface area contributed by atoms with E-state index in [1.54, 1.807) is 0 Å². The molecule has 28 heavy (non-hydrogen) atoms. The lowest BCUT2D eigenvalue weighted by Gasteiger charge is -2.14. The molecule has 1 N–H and O–H groups in total. The SMILES string of the molecule is Cc1c(C(=O)NCc2ccc(F)c(F)c2)cc(C(C)C)n1Cc1ccccc1. The van der Waals surface area contributed by atoms with Gasteiger partial charge in [0.1, 0.15) is 0 Å². The fraction of sp³-hybridized carbons (Fsp3) is 0.261. The molecule has 146 valence electrons. The Bertz CT molecular complexity index is 978. The van der Waals surface area contributed by atoms with Gasteiger partial charge in [0.2, 0.25) is 0 Å². The zero-order chi connectivity index (χ0) is 20.3. The zero-order valence-electron chi connectivity index (χ0n) is 16.3. The average molecular weight is 382 g/mol. The van der Waals surface area contributed by atoms with Gasteiger partial charge in [-0.2, -0.15) is 0 Å². The Morgan fingerprint density at radius 1 is 1.00 bits per heavy atom. The lowest BCUT2D eigenvalue weighted by molar-refractivity contribution is 0.0950. The fourth-order valence-corrected chi connectivity index (χ4v) is 3.28. The maximum Gasteiger partial charge on any atom is 0.253 e. The smallest absolute Gasteiger partial charge is 0.253 e. The van der Waals surface area contributed by atoms with E-state index in [1.165, 1.54) is 6.07 Å². The van der Waals surface area contributed by atoms with Crippen molar-refractivity contribution >= 4 is 5.91 Å². The molecule has 5 heteroatoms. The maximum atomic E-state index is 13.4. The third-order valence-corrected chi connectivity index (χ3v) is 4.86. The zero-order valence-corrected chi connectivity index (χ0v) is 16.3. The number of nitrogens with one attached hydrogen (secondary N) is 1. The first-order valence-corrected chi connectivity index (χ1v) is 9.33. The molecule has 0 bridgehead atoms. The van der Waals surface area contributed by atoms with Crippen LogP contribution in [0.25, 0.3) is 0 Å². The van der Waals surface area contributed by atoms with E-state index < -0.39 is 11.6 Å². The second-order valence-corrected chi connectivity index (χ2v) is 7.23. The second kappa shape index (κ2) is 8.38. The molecule has 1 aromatic heterocycles. The number of benzene rings is 2. The molecule has 0 aliphatic heterocycles. The molecular formula is C23H24F2N2O. The van der Waals surface area contributed by atoms with Crippen LogP contribution in [0, 0.1) is 18.6 Å². The van der Waals surface area contributed by atoms with Crippen molar-refractivity contribution in [1.82, 2.24) is 9.88 Å². The molecule has 0 spiro atoms. The van der Waals surface area contributed by atoms with E-state index in [-0.39, 0.29) is 18.4 Å². The molecule has 0 fully saturated rings. The molecule has 3 aromatic rings. The Morgan fingerprint density at radius 2 is 1.71 bits per heavy atom. The molecule has 2 aromatic carbocycles. The standard InChI is InChI=1S/C23H24F2N2O/c1-15(2)22-12-19(16(3)27(22)14-17-7-5-4-6-8-17)23(28)26-13-18-9-10-20(24)21(25)11-18/h4-12,15H,13-14H2,1-3H3,(H,26,28). The molecule has 3 rings (SSSR count). The van der Waals surface area contributed by atoms with Crippen LogP contribution in [0.3, 0.4) is 0 Å². The summed E-state index contributed by atoms with van der Waals surface area (Å²) < 4.78 is 28.6. The largest absolute Gasteiger partial charge is 0.348 e. The predicted molar refractivity (Wildman–Crippen MR) is 106 cm³/mol. The van der Waals surface area contributed by atoms with Crippen LogP contribution in [-0.2, 0) is 13.1 Å². The summed E-state index contributed by atoms with van der Waals surface area (Å²) in [5.74, 6) is -1.78. The first-order valence-electron chi connectivity index (χ1n) is 9.33. The van der Waals surface area contributed by atoms with Crippen LogP contribution in [-0.4, -0.2) is 10.5 Å². The highest BCUT2D eigenvalue weighted by atomic mass is 19.2. The molecule has 0 atom stereocenters. The average Bonchev–Trinajstić information content (AvgIpc) is 3.00. The van der Waals surface area contributed by atoms with Gasteiger partial charge in [-0.25, -0.2) is 8.78 Å². The van der Waals surface area contributed by atoms with Gasteiger partial charge in [0.15, 0.2) is 11.6 Å². The molecular weight excluding hydrogens is 358 g/mol. The fourth-order valence-electron chi connectivity index (χ4n) is 3.28. The number of halogens is 2. The van der Waals surface area contributed by atoms with Crippen molar-refractivity contribution < 1.29 is 13.6 Å². The molecule has 0 saturated heterocycles. The Kier molecular flexibility index (Phi) is 5.93. The predicted octanol–water partition coefficient (Wildman–Crippen LogP) is 5.18. The Morgan fingerprint density at radius 3 is 2.36 bits per heavy atom. The highest BCUT2D eigenvalue weighted by molar-refractivity contribution is 5.95. The summed E-state index contributed by atoms with van der Waals surface area (Å²) in [6.45, 7) is 6.95. The van der Waals surface area contributed by atoms with E-state index >= 15 is 0 Å². The molecule has 1 amide bonds. The number of hydrogen-bond donors (Lipinski definition) is 1. The number of carbonyl (C=O) groups excluding carboxylic acids is 1. The van der Waals surface area contributed by atoms with Crippen molar-refractivity contribution in [1.29, 1.82) is 0 Å². The van der Waals surface area contributed by atoms with E-state index in [9.17, 15) is 13.6 Å². The minimum absolute atomic E-state index is 0.135. The van der Waals surface area contributed by atoms with E-state index in [4.69, 9.17) is 0 Å². The molecule has 3 nitrogen and oxygen atoms in total. The van der Waals surface area contributed by atoms with Gasteiger partial charge in [-0.1, -0.05) is 50.2 Å². The summed E-state index contributed by atoms with van der Waals surface area (Å²) in [4.78, 5) is 12.7. The van der Waals surface area contributed by atoms with Crippen molar-refractivity contribution in [2.75, 3.05) is 0 Å². The number of amides is 1. The topological polar surface area (TPSA) is 34.0 Å². The molecule has 0 aliphatic carbocycles. The van der Waals surface area contributed by atoms with Crippen LogP contribution in [0.5, 0.6) is 0 Å². The Labute approximate surface area is 164 Å². The number of carbonyl (C=O) groups is 1. The highest BCUT2D eigenvalue weighted by Crippen LogP contribution is 2.24. The maximum absolute atomic E-state index is 13.4. The van der Waals surface area contributed by atoms with Gasteiger partial charge in [-0.15, -0.1) is 0 Å². The van der Waals surface area contributed by atoms with Crippen LogP contribution >= 0.6 is 0 Å². The van der Waals surface area contributed by atoms with Crippen molar-refractivity contribution in [3.63, 3.8) is 0 Å². The van der Waals surface area contributed by atoms with E-state index in [2.05, 4.69) is 35.9 Å². The minimum Gasteiger partial charge on any atom is -0.348 e. The van der Waals surface area contributed by atoms with Gasteiger partial charge >= 0.3 is 0 Å². The normalized spacial score (nSPS) is 11.1.